The van der Waals surface area contributed by atoms with Crippen LogP contribution >= 0.6 is 0 Å². The second-order valence-electron chi connectivity index (χ2n) is 6.32. The molecule has 2 heterocycles. The van der Waals surface area contributed by atoms with Crippen LogP contribution in [-0.4, -0.2) is 35.9 Å². The Morgan fingerprint density at radius 1 is 0.917 bits per heavy atom. The van der Waals surface area contributed by atoms with Crippen LogP contribution in [0, 0.1) is 0 Å². The molecule has 0 aromatic rings. The van der Waals surface area contributed by atoms with E-state index in [0.29, 0.717) is 25.7 Å². The summed E-state index contributed by atoms with van der Waals surface area (Å²) in [6, 6.07) is 0. The second kappa shape index (κ2) is 9.52. The topological polar surface area (TPSA) is 110 Å². The molecular weight excluding hydrogens is 347 g/mol. The van der Waals surface area contributed by atoms with Gasteiger partial charge in [0, 0.05) is 6.42 Å². The van der Waals surface area contributed by atoms with Gasteiger partial charge in [0.05, 0.1) is 6.42 Å². The third-order valence-electron chi connectivity index (χ3n) is 4.55. The Hall–Kier alpha value is -0.150. The van der Waals surface area contributed by atoms with E-state index in [4.69, 9.17) is 9.47 Å². The van der Waals surface area contributed by atoms with Crippen molar-refractivity contribution in [3.05, 3.63) is 0 Å². The third-order valence-corrected chi connectivity index (χ3v) is 6.02. The quantitative estimate of drug-likeness (QED) is 0.331. The van der Waals surface area contributed by atoms with Crippen LogP contribution in [-0.2, 0) is 29.2 Å². The number of fused-ring (bicyclic) bond motifs is 3. The molecule has 0 amide bonds. The van der Waals surface area contributed by atoms with Crippen molar-refractivity contribution in [3.63, 3.8) is 0 Å². The van der Waals surface area contributed by atoms with E-state index in [-0.39, 0.29) is 36.0 Å². The number of ether oxygens (including phenoxy) is 2. The van der Waals surface area contributed by atoms with Gasteiger partial charge in [-0.2, -0.15) is 0 Å². The van der Waals surface area contributed by atoms with Crippen LogP contribution < -0.4 is 29.6 Å². The van der Waals surface area contributed by atoms with Crippen molar-refractivity contribution < 1.29 is 61.6 Å². The molecule has 0 N–H and O–H groups in total. The van der Waals surface area contributed by atoms with Gasteiger partial charge in [-0.1, -0.05) is 44.9 Å². The maximum absolute atomic E-state index is 12.3. The monoisotopic (exact) mass is 370 g/mol. The molecule has 24 heavy (non-hydrogen) atoms. The minimum absolute atomic E-state index is 0. The zero-order chi connectivity index (χ0) is 16.9. The predicted molar refractivity (Wildman–Crippen MR) is 79.2 cm³/mol. The summed E-state index contributed by atoms with van der Waals surface area (Å²) in [7, 11) is -5.04. The Morgan fingerprint density at radius 3 is 2.04 bits per heavy atom. The SMILES string of the molecule is O=C1CC2(S(=O)(=O)[O-])CCCCCCCCCCC(O1)OC2=O.[Na+]. The van der Waals surface area contributed by atoms with Crippen LogP contribution in [0.5, 0.6) is 0 Å². The molecule has 132 valence electrons. The van der Waals surface area contributed by atoms with Gasteiger partial charge in [-0.3, -0.25) is 9.59 Å². The van der Waals surface area contributed by atoms with Crippen molar-refractivity contribution in [1.82, 2.24) is 0 Å². The van der Waals surface area contributed by atoms with E-state index in [9.17, 15) is 22.6 Å². The number of carbonyl (C=O) groups is 2. The Bertz CT molecular complexity index is 548. The van der Waals surface area contributed by atoms with E-state index in [0.717, 1.165) is 32.1 Å². The standard InChI is InChI=1S/C15H24O7S.Na/c16-12-11-15(23(18,19)20)10-8-6-4-2-1-3-5-7-9-13(21-12)22-14(15)17;/h13H,1-11H2,(H,18,19,20);/q;+1/p-1. The number of carbonyl (C=O) groups excluding carboxylic acids is 2. The molecule has 7 nitrogen and oxygen atoms in total. The molecule has 2 bridgehead atoms. The summed E-state index contributed by atoms with van der Waals surface area (Å²) in [5, 5.41) is 0. The smallest absolute Gasteiger partial charge is 0.747 e. The van der Waals surface area contributed by atoms with Crippen LogP contribution in [0.15, 0.2) is 0 Å². The molecule has 0 saturated carbocycles. The largest absolute Gasteiger partial charge is 1.00 e. The molecule has 2 rings (SSSR count). The van der Waals surface area contributed by atoms with E-state index < -0.39 is 39.5 Å². The summed E-state index contributed by atoms with van der Waals surface area (Å²) in [5.41, 5.74) is 0. The number of esters is 2. The maximum Gasteiger partial charge on any atom is 1.00 e. The summed E-state index contributed by atoms with van der Waals surface area (Å²) < 4.78 is 43.0. The van der Waals surface area contributed by atoms with Crippen molar-refractivity contribution in [1.29, 1.82) is 0 Å². The molecular formula is C15H23NaO7S. The molecule has 0 aromatic heterocycles. The van der Waals surface area contributed by atoms with Crippen LogP contribution in [0.1, 0.15) is 70.6 Å². The Balaban J connectivity index is 0.00000288. The van der Waals surface area contributed by atoms with Gasteiger partial charge < -0.3 is 14.0 Å². The van der Waals surface area contributed by atoms with Crippen molar-refractivity contribution in [2.75, 3.05) is 0 Å². The molecule has 2 fully saturated rings. The minimum atomic E-state index is -5.04. The molecule has 0 radical (unpaired) electrons. The summed E-state index contributed by atoms with van der Waals surface area (Å²) in [6.07, 6.45) is 5.12. The fourth-order valence-corrected chi connectivity index (χ4v) is 4.09. The molecule has 2 saturated heterocycles. The van der Waals surface area contributed by atoms with Gasteiger partial charge >= 0.3 is 41.5 Å². The fourth-order valence-electron chi connectivity index (χ4n) is 3.15. The molecule has 0 aliphatic carbocycles. The number of hydrogen-bond donors (Lipinski definition) is 0. The first-order valence-electron chi connectivity index (χ1n) is 8.21. The Kier molecular flexibility index (Phi) is 8.68. The molecule has 0 spiro atoms. The molecule has 2 aliphatic heterocycles. The zero-order valence-corrected chi connectivity index (χ0v) is 16.9. The molecule has 0 aromatic carbocycles. The Morgan fingerprint density at radius 2 is 1.46 bits per heavy atom. The van der Waals surface area contributed by atoms with E-state index in [1.165, 1.54) is 0 Å². The zero-order valence-electron chi connectivity index (χ0n) is 14.1. The van der Waals surface area contributed by atoms with Gasteiger partial charge in [-0.05, 0) is 12.8 Å². The third kappa shape index (κ3) is 5.42. The average molecular weight is 370 g/mol. The molecule has 2 atom stereocenters. The average Bonchev–Trinajstić information content (AvgIpc) is 2.57. The predicted octanol–water partition coefficient (Wildman–Crippen LogP) is -0.995. The fraction of sp³-hybridized carbons (Fsp3) is 0.867. The molecule has 2 aliphatic rings. The van der Waals surface area contributed by atoms with Crippen LogP contribution in [0.2, 0.25) is 0 Å². The van der Waals surface area contributed by atoms with Crippen molar-refractivity contribution >= 4 is 22.1 Å². The molecule has 9 heteroatoms. The van der Waals surface area contributed by atoms with Crippen LogP contribution in [0.25, 0.3) is 0 Å². The van der Waals surface area contributed by atoms with Gasteiger partial charge in [0.15, 0.2) is 4.75 Å². The van der Waals surface area contributed by atoms with Gasteiger partial charge in [0.2, 0.25) is 6.29 Å². The first-order valence-corrected chi connectivity index (χ1v) is 9.62. The van der Waals surface area contributed by atoms with Gasteiger partial charge in [0.25, 0.3) is 0 Å². The van der Waals surface area contributed by atoms with E-state index in [1.807, 2.05) is 0 Å². The number of hydrogen-bond acceptors (Lipinski definition) is 7. The first-order chi connectivity index (χ1) is 10.8. The summed E-state index contributed by atoms with van der Waals surface area (Å²) >= 11 is 0. The normalized spacial score (nSPS) is 30.3. The van der Waals surface area contributed by atoms with Crippen molar-refractivity contribution in [2.24, 2.45) is 0 Å². The molecule has 2 unspecified atom stereocenters. The van der Waals surface area contributed by atoms with E-state index in [2.05, 4.69) is 0 Å². The van der Waals surface area contributed by atoms with Gasteiger partial charge in [-0.15, -0.1) is 0 Å². The van der Waals surface area contributed by atoms with E-state index >= 15 is 0 Å². The van der Waals surface area contributed by atoms with Crippen molar-refractivity contribution in [2.45, 2.75) is 81.7 Å². The van der Waals surface area contributed by atoms with Gasteiger partial charge in [0.1, 0.15) is 10.1 Å². The van der Waals surface area contributed by atoms with Crippen molar-refractivity contribution in [3.8, 4) is 0 Å². The summed E-state index contributed by atoms with van der Waals surface area (Å²) in [4.78, 5) is 24.3. The number of rotatable bonds is 1. The first kappa shape index (κ1) is 21.9. The van der Waals surface area contributed by atoms with E-state index in [1.54, 1.807) is 0 Å². The second-order valence-corrected chi connectivity index (χ2v) is 8.01. The summed E-state index contributed by atoms with van der Waals surface area (Å²) in [5.74, 6) is -2.00. The Labute approximate surface area is 164 Å². The van der Waals surface area contributed by atoms with Gasteiger partial charge in [-0.25, -0.2) is 8.42 Å². The van der Waals surface area contributed by atoms with Crippen LogP contribution in [0.3, 0.4) is 0 Å². The van der Waals surface area contributed by atoms with Crippen LogP contribution in [0.4, 0.5) is 0 Å². The summed E-state index contributed by atoms with van der Waals surface area (Å²) in [6.45, 7) is 0. The maximum atomic E-state index is 12.3. The minimum Gasteiger partial charge on any atom is -0.747 e.